The van der Waals surface area contributed by atoms with Gasteiger partial charge in [-0.3, -0.25) is 4.90 Å². The number of hydrogen-bond donors (Lipinski definition) is 1. The van der Waals surface area contributed by atoms with Gasteiger partial charge >= 0.3 is 12.1 Å². The van der Waals surface area contributed by atoms with E-state index in [1.54, 1.807) is 27.7 Å². The molecule has 0 aromatic rings. The number of carboxylic acids is 1. The van der Waals surface area contributed by atoms with Gasteiger partial charge in [-0.2, -0.15) is 0 Å². The van der Waals surface area contributed by atoms with Gasteiger partial charge in [0.2, 0.25) is 0 Å². The first-order valence-corrected chi connectivity index (χ1v) is 9.53. The fourth-order valence-corrected chi connectivity index (χ4v) is 6.11. The maximum atomic E-state index is 12.1. The minimum atomic E-state index is -1.70. The number of rotatable bonds is 1. The highest BCUT2D eigenvalue weighted by molar-refractivity contribution is 6.79. The zero-order valence-electron chi connectivity index (χ0n) is 12.0. The second-order valence-corrected chi connectivity index (χ2v) is 12.0. The van der Waals surface area contributed by atoms with Gasteiger partial charge in [0.25, 0.3) is 0 Å². The van der Waals surface area contributed by atoms with Gasteiger partial charge in [-0.05, 0) is 33.7 Å². The Morgan fingerprint density at radius 1 is 1.33 bits per heavy atom. The highest BCUT2D eigenvalue weighted by Gasteiger charge is 2.55. The summed E-state index contributed by atoms with van der Waals surface area (Å²) >= 11 is 0. The van der Waals surface area contributed by atoms with Crippen LogP contribution in [0.25, 0.3) is 0 Å². The summed E-state index contributed by atoms with van der Waals surface area (Å²) in [6, 6.07) is 0.564. The van der Waals surface area contributed by atoms with Gasteiger partial charge in [0.1, 0.15) is 11.1 Å². The largest absolute Gasteiger partial charge is 0.480 e. The first kappa shape index (κ1) is 15.0. The third-order valence-corrected chi connectivity index (χ3v) is 5.90. The summed E-state index contributed by atoms with van der Waals surface area (Å²) in [5, 5.41) is 9.40. The predicted octanol–water partition coefficient (Wildman–Crippen LogP) is 2.33. The molecular formula is C12H23NO4Si. The van der Waals surface area contributed by atoms with E-state index in [1.165, 1.54) is 4.90 Å². The fraction of sp³-hybridized carbons (Fsp3) is 0.833. The van der Waals surface area contributed by atoms with Crippen molar-refractivity contribution >= 4 is 20.1 Å². The summed E-state index contributed by atoms with van der Waals surface area (Å²) in [5.74, 6) is -0.952. The number of amides is 1. The van der Waals surface area contributed by atoms with E-state index in [4.69, 9.17) is 4.74 Å². The van der Waals surface area contributed by atoms with E-state index in [2.05, 4.69) is 13.1 Å². The summed E-state index contributed by atoms with van der Waals surface area (Å²) in [5.41, 5.74) is -1.73. The Bertz CT molecular complexity index is 375. The topological polar surface area (TPSA) is 66.8 Å². The van der Waals surface area contributed by atoms with Gasteiger partial charge < -0.3 is 9.84 Å². The van der Waals surface area contributed by atoms with Crippen LogP contribution in [0, 0.1) is 0 Å². The first-order chi connectivity index (χ1) is 7.87. The average molecular weight is 273 g/mol. The van der Waals surface area contributed by atoms with Crippen LogP contribution in [0.15, 0.2) is 0 Å². The van der Waals surface area contributed by atoms with Gasteiger partial charge in [0, 0.05) is 6.17 Å². The van der Waals surface area contributed by atoms with Crippen LogP contribution in [0.2, 0.25) is 19.1 Å². The van der Waals surface area contributed by atoms with Crippen LogP contribution >= 0.6 is 0 Å². The molecule has 1 heterocycles. The summed E-state index contributed by atoms with van der Waals surface area (Å²) < 4.78 is 5.31. The van der Waals surface area contributed by atoms with Crippen molar-refractivity contribution in [1.82, 2.24) is 4.90 Å². The molecule has 1 amide bonds. The van der Waals surface area contributed by atoms with E-state index in [0.717, 1.165) is 0 Å². The molecule has 0 aliphatic carbocycles. The lowest BCUT2D eigenvalue weighted by molar-refractivity contribution is -0.147. The monoisotopic (exact) mass is 273 g/mol. The molecule has 1 N–H and O–H groups in total. The smallest absolute Gasteiger partial charge is 0.410 e. The van der Waals surface area contributed by atoms with Crippen LogP contribution in [-0.4, -0.2) is 47.5 Å². The van der Waals surface area contributed by atoms with Gasteiger partial charge in [-0.25, -0.2) is 9.59 Å². The molecule has 0 bridgehead atoms. The van der Waals surface area contributed by atoms with Crippen LogP contribution in [0.3, 0.4) is 0 Å². The molecule has 1 aliphatic rings. The van der Waals surface area contributed by atoms with Crippen molar-refractivity contribution in [2.24, 2.45) is 0 Å². The van der Waals surface area contributed by atoms with Crippen molar-refractivity contribution in [2.45, 2.75) is 58.0 Å². The lowest BCUT2D eigenvalue weighted by Crippen LogP contribution is -2.51. The molecule has 1 saturated heterocycles. The average Bonchev–Trinajstić information content (AvgIpc) is 2.34. The van der Waals surface area contributed by atoms with Crippen LogP contribution < -0.4 is 0 Å². The highest BCUT2D eigenvalue weighted by Crippen LogP contribution is 2.36. The normalized spacial score (nSPS) is 27.1. The highest BCUT2D eigenvalue weighted by atomic mass is 28.3. The third-order valence-electron chi connectivity index (χ3n) is 3.08. The Kier molecular flexibility index (Phi) is 3.55. The standard InChI is InChI=1S/C12H23NO4Si/c1-11(2,3)17-10(16)13-8-18(5,6)7-12(13,4)9(14)15/h7-8H2,1-6H3,(H,14,15)/t12-/m0/s1. The van der Waals surface area contributed by atoms with Gasteiger partial charge in [-0.1, -0.05) is 13.1 Å². The van der Waals surface area contributed by atoms with E-state index in [9.17, 15) is 14.7 Å². The molecule has 104 valence electrons. The zero-order chi connectivity index (χ0) is 14.4. The van der Waals surface area contributed by atoms with E-state index >= 15 is 0 Å². The Hall–Kier alpha value is -1.04. The number of ether oxygens (including phenoxy) is 1. The van der Waals surface area contributed by atoms with Crippen molar-refractivity contribution in [3.8, 4) is 0 Å². The number of aliphatic carboxylic acids is 1. The minimum absolute atomic E-state index is 0.523. The first-order valence-electron chi connectivity index (χ1n) is 6.11. The molecule has 5 nitrogen and oxygen atoms in total. The molecule has 0 unspecified atom stereocenters. The van der Waals surface area contributed by atoms with Crippen LogP contribution in [0.1, 0.15) is 27.7 Å². The second-order valence-electron chi connectivity index (χ2n) is 6.99. The summed E-state index contributed by atoms with van der Waals surface area (Å²) in [6.07, 6.45) is 0.00975. The number of carbonyl (C=O) groups is 2. The van der Waals surface area contributed by atoms with E-state index in [0.29, 0.717) is 12.2 Å². The lowest BCUT2D eigenvalue weighted by atomic mass is 10.0. The van der Waals surface area contributed by atoms with Crippen molar-refractivity contribution in [3.63, 3.8) is 0 Å². The van der Waals surface area contributed by atoms with E-state index in [-0.39, 0.29) is 0 Å². The van der Waals surface area contributed by atoms with Crippen LogP contribution in [0.4, 0.5) is 4.79 Å². The molecule has 0 aromatic carbocycles. The minimum Gasteiger partial charge on any atom is -0.480 e. The zero-order valence-corrected chi connectivity index (χ0v) is 13.0. The number of hydrogen-bond acceptors (Lipinski definition) is 3. The Labute approximate surface area is 109 Å². The molecule has 0 saturated carbocycles. The van der Waals surface area contributed by atoms with Crippen molar-refractivity contribution < 1.29 is 19.4 Å². The molecule has 0 aromatic heterocycles. The van der Waals surface area contributed by atoms with Gasteiger partial charge in [0.05, 0.1) is 8.07 Å². The third kappa shape index (κ3) is 3.04. The maximum Gasteiger partial charge on any atom is 0.410 e. The van der Waals surface area contributed by atoms with Crippen molar-refractivity contribution in [1.29, 1.82) is 0 Å². The van der Waals surface area contributed by atoms with Crippen LogP contribution in [0.5, 0.6) is 0 Å². The van der Waals surface area contributed by atoms with Gasteiger partial charge in [-0.15, -0.1) is 0 Å². The lowest BCUT2D eigenvalue weighted by Gasteiger charge is -2.33. The predicted molar refractivity (Wildman–Crippen MR) is 71.3 cm³/mol. The molecule has 0 radical (unpaired) electrons. The second kappa shape index (κ2) is 4.26. The van der Waals surface area contributed by atoms with Gasteiger partial charge in [0.15, 0.2) is 0 Å². The molecular weight excluding hydrogens is 250 g/mol. The Morgan fingerprint density at radius 2 is 1.83 bits per heavy atom. The summed E-state index contributed by atoms with van der Waals surface area (Å²) in [6.45, 7) is 11.1. The Morgan fingerprint density at radius 3 is 2.22 bits per heavy atom. The number of carbonyl (C=O) groups excluding carboxylic acids is 1. The van der Waals surface area contributed by atoms with Crippen molar-refractivity contribution in [3.05, 3.63) is 0 Å². The molecule has 18 heavy (non-hydrogen) atoms. The SMILES string of the molecule is CC(C)(C)OC(=O)N1C[Si](C)(C)C[C@@]1(C)C(=O)O. The molecule has 6 heteroatoms. The molecule has 1 atom stereocenters. The Balaban J connectivity index is 2.99. The summed E-state index contributed by atoms with van der Waals surface area (Å²) in [4.78, 5) is 25.0. The number of carboxylic acid groups (broad SMARTS) is 1. The van der Waals surface area contributed by atoms with Crippen molar-refractivity contribution in [2.75, 3.05) is 6.17 Å². The van der Waals surface area contributed by atoms with E-state index in [1.807, 2.05) is 0 Å². The summed E-state index contributed by atoms with van der Waals surface area (Å²) in [7, 11) is -1.70. The fourth-order valence-electron chi connectivity index (χ4n) is 2.46. The quantitative estimate of drug-likeness (QED) is 0.745. The molecule has 1 aliphatic heterocycles. The van der Waals surface area contributed by atoms with Crippen LogP contribution in [-0.2, 0) is 9.53 Å². The molecule has 0 spiro atoms. The molecule has 1 rings (SSSR count). The number of nitrogens with zero attached hydrogens (tertiary/aromatic N) is 1. The molecule has 1 fully saturated rings. The maximum absolute atomic E-state index is 12.1. The van der Waals surface area contributed by atoms with E-state index < -0.39 is 31.3 Å².